The number of carbonyl (C=O) groups excluding carboxylic acids is 1. The van der Waals surface area contributed by atoms with E-state index in [1.807, 2.05) is 41.8 Å². The van der Waals surface area contributed by atoms with Gasteiger partial charge in [-0.05, 0) is 18.1 Å². The highest BCUT2D eigenvalue weighted by Crippen LogP contribution is 2.36. The molecule has 122 valence electrons. The number of nitro groups is 1. The van der Waals surface area contributed by atoms with E-state index in [1.54, 1.807) is 6.07 Å². The molecule has 0 fully saturated rings. The average molecular weight is 323 g/mol. The Labute approximate surface area is 138 Å². The Morgan fingerprint density at radius 3 is 2.50 bits per heavy atom. The Bertz CT molecular complexity index is 930. The van der Waals surface area contributed by atoms with Gasteiger partial charge in [-0.1, -0.05) is 37.3 Å². The van der Waals surface area contributed by atoms with Crippen LogP contribution in [0, 0.1) is 10.1 Å². The number of rotatable bonds is 5. The third kappa shape index (κ3) is 2.52. The van der Waals surface area contributed by atoms with Crippen LogP contribution >= 0.6 is 0 Å². The molecule has 0 aliphatic heterocycles. The van der Waals surface area contributed by atoms with Crippen LogP contribution in [0.2, 0.25) is 0 Å². The van der Waals surface area contributed by atoms with Crippen LogP contribution in [0.4, 0.5) is 5.69 Å². The highest BCUT2D eigenvalue weighted by atomic mass is 16.6. The van der Waals surface area contributed by atoms with Crippen molar-refractivity contribution in [2.45, 2.75) is 19.9 Å². The van der Waals surface area contributed by atoms with Crippen molar-refractivity contribution in [3.05, 3.63) is 64.3 Å². The quantitative estimate of drug-likeness (QED) is 0.573. The maximum Gasteiger partial charge on any atom is 0.270 e. The number of hydrogen-bond donors (Lipinski definition) is 1. The van der Waals surface area contributed by atoms with Gasteiger partial charge in [0.2, 0.25) is 0 Å². The summed E-state index contributed by atoms with van der Waals surface area (Å²) < 4.78 is 1.85. The molecule has 0 aliphatic carbocycles. The summed E-state index contributed by atoms with van der Waals surface area (Å²) in [6.07, 6.45) is 0.815. The second kappa shape index (κ2) is 6.16. The van der Waals surface area contributed by atoms with Gasteiger partial charge in [0.05, 0.1) is 4.92 Å². The molecule has 24 heavy (non-hydrogen) atoms. The summed E-state index contributed by atoms with van der Waals surface area (Å²) in [6.45, 7) is 2.61. The maximum atomic E-state index is 12.1. The van der Waals surface area contributed by atoms with Crippen molar-refractivity contribution in [3.8, 4) is 11.1 Å². The molecule has 3 rings (SSSR count). The fourth-order valence-corrected chi connectivity index (χ4v) is 3.07. The summed E-state index contributed by atoms with van der Waals surface area (Å²) in [6, 6.07) is 14.0. The number of aryl methyl sites for hydroxylation is 1. The van der Waals surface area contributed by atoms with E-state index in [9.17, 15) is 14.9 Å². The molecule has 2 aromatic carbocycles. The fourth-order valence-electron chi connectivity index (χ4n) is 3.07. The Hall–Kier alpha value is -3.15. The van der Waals surface area contributed by atoms with Gasteiger partial charge in [0.1, 0.15) is 5.69 Å². The van der Waals surface area contributed by atoms with Crippen LogP contribution in [-0.4, -0.2) is 15.4 Å². The molecule has 2 N–H and O–H groups in total. The number of primary amides is 1. The van der Waals surface area contributed by atoms with Gasteiger partial charge in [0.25, 0.3) is 11.6 Å². The molecule has 6 heteroatoms. The molecular weight excluding hydrogens is 306 g/mol. The number of carbonyl (C=O) groups is 1. The summed E-state index contributed by atoms with van der Waals surface area (Å²) in [5.41, 5.74) is 8.26. The van der Waals surface area contributed by atoms with Gasteiger partial charge in [-0.3, -0.25) is 14.9 Å². The highest BCUT2D eigenvalue weighted by molar-refractivity contribution is 6.10. The number of aromatic nitrogens is 1. The van der Waals surface area contributed by atoms with Gasteiger partial charge in [-0.15, -0.1) is 0 Å². The Balaban J connectivity index is 2.44. The molecule has 0 spiro atoms. The Morgan fingerprint density at radius 1 is 1.21 bits per heavy atom. The lowest BCUT2D eigenvalue weighted by molar-refractivity contribution is -0.384. The lowest BCUT2D eigenvalue weighted by Crippen LogP contribution is -2.18. The number of hydrogen-bond acceptors (Lipinski definition) is 3. The largest absolute Gasteiger partial charge is 0.364 e. The summed E-state index contributed by atoms with van der Waals surface area (Å²) in [4.78, 5) is 22.9. The normalized spacial score (nSPS) is 10.9. The molecule has 0 atom stereocenters. The van der Waals surface area contributed by atoms with E-state index in [2.05, 4.69) is 0 Å². The van der Waals surface area contributed by atoms with Crippen molar-refractivity contribution in [1.82, 2.24) is 4.57 Å². The van der Waals surface area contributed by atoms with Crippen molar-refractivity contribution in [3.63, 3.8) is 0 Å². The summed E-state index contributed by atoms with van der Waals surface area (Å²) in [5.74, 6) is -0.541. The number of fused-ring (bicyclic) bond motifs is 1. The molecule has 0 saturated heterocycles. The van der Waals surface area contributed by atoms with Gasteiger partial charge in [0.15, 0.2) is 0 Å². The van der Waals surface area contributed by atoms with Crippen molar-refractivity contribution < 1.29 is 9.72 Å². The minimum atomic E-state index is -0.541. The minimum absolute atomic E-state index is 0.00986. The number of amides is 1. The fraction of sp³-hybridized carbons (Fsp3) is 0.167. The number of nitro benzene ring substituents is 1. The molecule has 0 bridgehead atoms. The zero-order chi connectivity index (χ0) is 17.3. The van der Waals surface area contributed by atoms with Crippen LogP contribution in [0.15, 0.2) is 48.5 Å². The first-order chi connectivity index (χ1) is 11.5. The molecular formula is C18H17N3O3. The van der Waals surface area contributed by atoms with Crippen LogP contribution in [0.1, 0.15) is 23.8 Å². The van der Waals surface area contributed by atoms with Gasteiger partial charge in [-0.2, -0.15) is 0 Å². The van der Waals surface area contributed by atoms with Gasteiger partial charge in [0, 0.05) is 35.1 Å². The SMILES string of the molecule is CCCn1c(C(N)=O)c(-c2ccccc2)c2cc([N+](=O)[O-])ccc21. The molecule has 0 aliphatic rings. The van der Waals surface area contributed by atoms with E-state index in [4.69, 9.17) is 5.73 Å². The number of benzene rings is 2. The summed E-state index contributed by atoms with van der Waals surface area (Å²) in [7, 11) is 0. The van der Waals surface area contributed by atoms with Crippen LogP contribution in [-0.2, 0) is 6.54 Å². The Kier molecular flexibility index (Phi) is 4.04. The lowest BCUT2D eigenvalue weighted by Gasteiger charge is -2.08. The first kappa shape index (κ1) is 15.7. The number of nitrogens with two attached hydrogens (primary N) is 1. The molecule has 0 unspecified atom stereocenters. The van der Waals surface area contributed by atoms with Gasteiger partial charge < -0.3 is 10.3 Å². The predicted octanol–water partition coefficient (Wildman–Crippen LogP) is 3.73. The standard InChI is InChI=1S/C18H17N3O3/c1-2-10-20-15-9-8-13(21(23)24)11-14(15)16(17(20)18(19)22)12-6-4-3-5-7-12/h3-9,11H,2,10H2,1H3,(H2,19,22). The molecule has 0 saturated carbocycles. The van der Waals surface area contributed by atoms with E-state index in [0.717, 1.165) is 17.5 Å². The summed E-state index contributed by atoms with van der Waals surface area (Å²) in [5, 5.41) is 11.8. The van der Waals surface area contributed by atoms with E-state index < -0.39 is 10.8 Å². The van der Waals surface area contributed by atoms with Gasteiger partial charge in [-0.25, -0.2) is 0 Å². The molecule has 6 nitrogen and oxygen atoms in total. The van der Waals surface area contributed by atoms with Crippen molar-refractivity contribution in [1.29, 1.82) is 0 Å². The predicted molar refractivity (Wildman–Crippen MR) is 92.8 cm³/mol. The minimum Gasteiger partial charge on any atom is -0.364 e. The van der Waals surface area contributed by atoms with E-state index >= 15 is 0 Å². The van der Waals surface area contributed by atoms with Crippen molar-refractivity contribution >= 4 is 22.5 Å². The maximum absolute atomic E-state index is 12.1. The second-order valence-corrected chi connectivity index (χ2v) is 5.56. The van der Waals surface area contributed by atoms with E-state index in [1.165, 1.54) is 12.1 Å². The Morgan fingerprint density at radius 2 is 1.92 bits per heavy atom. The van der Waals surface area contributed by atoms with E-state index in [-0.39, 0.29) is 5.69 Å². The first-order valence-electron chi connectivity index (χ1n) is 7.70. The summed E-state index contributed by atoms with van der Waals surface area (Å²) >= 11 is 0. The number of non-ortho nitro benzene ring substituents is 1. The third-order valence-corrected chi connectivity index (χ3v) is 4.00. The topological polar surface area (TPSA) is 91.2 Å². The second-order valence-electron chi connectivity index (χ2n) is 5.56. The van der Waals surface area contributed by atoms with Crippen LogP contribution in [0.5, 0.6) is 0 Å². The molecule has 1 heterocycles. The van der Waals surface area contributed by atoms with Crippen molar-refractivity contribution in [2.75, 3.05) is 0 Å². The lowest BCUT2D eigenvalue weighted by atomic mass is 10.0. The zero-order valence-electron chi connectivity index (χ0n) is 13.2. The molecule has 1 amide bonds. The first-order valence-corrected chi connectivity index (χ1v) is 7.70. The van der Waals surface area contributed by atoms with Crippen LogP contribution in [0.3, 0.4) is 0 Å². The molecule has 1 aromatic heterocycles. The van der Waals surface area contributed by atoms with Crippen LogP contribution in [0.25, 0.3) is 22.0 Å². The van der Waals surface area contributed by atoms with Crippen LogP contribution < -0.4 is 5.73 Å². The third-order valence-electron chi connectivity index (χ3n) is 4.00. The molecule has 0 radical (unpaired) electrons. The highest BCUT2D eigenvalue weighted by Gasteiger charge is 2.23. The number of nitrogens with zero attached hydrogens (tertiary/aromatic N) is 2. The van der Waals surface area contributed by atoms with Gasteiger partial charge >= 0.3 is 0 Å². The zero-order valence-corrected chi connectivity index (χ0v) is 13.2. The smallest absolute Gasteiger partial charge is 0.270 e. The average Bonchev–Trinajstić information content (AvgIpc) is 2.90. The monoisotopic (exact) mass is 323 g/mol. The van der Waals surface area contributed by atoms with E-state index in [0.29, 0.717) is 23.2 Å². The van der Waals surface area contributed by atoms with Crippen molar-refractivity contribution in [2.24, 2.45) is 5.73 Å². The molecule has 3 aromatic rings.